The van der Waals surface area contributed by atoms with Crippen molar-refractivity contribution in [3.05, 3.63) is 44.0 Å². The molecular formula is C15H18N6O5. The number of aromatic amines is 1. The Labute approximate surface area is 148 Å². The number of nitro groups is 1. The van der Waals surface area contributed by atoms with Crippen molar-refractivity contribution in [3.8, 4) is 11.5 Å². The number of hydrogen-bond acceptors (Lipinski definition) is 9. The first-order chi connectivity index (χ1) is 12.5. The average Bonchev–Trinajstić information content (AvgIpc) is 2.60. The van der Waals surface area contributed by atoms with Gasteiger partial charge in [-0.3, -0.25) is 15.5 Å². The lowest BCUT2D eigenvalue weighted by atomic mass is 10.2. The van der Waals surface area contributed by atoms with Crippen LogP contribution in [-0.2, 0) is 0 Å². The molecule has 2 N–H and O–H groups in total. The van der Waals surface area contributed by atoms with Crippen molar-refractivity contribution < 1.29 is 14.4 Å². The van der Waals surface area contributed by atoms with Crippen LogP contribution in [0.3, 0.4) is 0 Å². The maximum absolute atomic E-state index is 11.3. The Hall–Kier alpha value is -3.50. The van der Waals surface area contributed by atoms with Crippen molar-refractivity contribution >= 4 is 17.7 Å². The summed E-state index contributed by atoms with van der Waals surface area (Å²) in [5.74, 6) is 0.494. The highest BCUT2D eigenvalue weighted by Crippen LogP contribution is 2.38. The van der Waals surface area contributed by atoms with Gasteiger partial charge in [-0.05, 0) is 26.8 Å². The van der Waals surface area contributed by atoms with E-state index in [1.807, 2.05) is 0 Å². The van der Waals surface area contributed by atoms with Crippen molar-refractivity contribution in [2.75, 3.05) is 18.6 Å². The first-order valence-corrected chi connectivity index (χ1v) is 7.76. The Bertz CT molecular complexity index is 879. The molecule has 0 unspecified atom stereocenters. The molecule has 11 heteroatoms. The molecule has 0 amide bonds. The van der Waals surface area contributed by atoms with Gasteiger partial charge in [-0.1, -0.05) is 0 Å². The zero-order chi connectivity index (χ0) is 19.1. The Morgan fingerprint density at radius 2 is 2.08 bits per heavy atom. The third-order valence-corrected chi connectivity index (χ3v) is 3.10. The number of rotatable bonds is 8. The lowest BCUT2D eigenvalue weighted by Crippen LogP contribution is -2.15. The summed E-state index contributed by atoms with van der Waals surface area (Å²) < 4.78 is 10.8. The van der Waals surface area contributed by atoms with E-state index in [0.717, 1.165) is 0 Å². The second-order valence-electron chi connectivity index (χ2n) is 4.94. The number of hydrogen-bond donors (Lipinski definition) is 2. The summed E-state index contributed by atoms with van der Waals surface area (Å²) in [6.45, 7) is 5.70. The molecule has 0 atom stereocenters. The van der Waals surface area contributed by atoms with Gasteiger partial charge in [-0.2, -0.15) is 15.2 Å². The number of nitrogens with zero attached hydrogens (tertiary/aromatic N) is 4. The van der Waals surface area contributed by atoms with E-state index in [4.69, 9.17) is 9.47 Å². The number of aromatic nitrogens is 3. The predicted octanol–water partition coefficient (Wildman–Crippen LogP) is 1.62. The van der Waals surface area contributed by atoms with E-state index in [-0.39, 0.29) is 29.6 Å². The van der Waals surface area contributed by atoms with E-state index < -0.39 is 10.6 Å². The van der Waals surface area contributed by atoms with E-state index in [0.29, 0.717) is 17.9 Å². The molecule has 26 heavy (non-hydrogen) atoms. The second kappa shape index (κ2) is 8.55. The van der Waals surface area contributed by atoms with E-state index in [9.17, 15) is 14.9 Å². The first-order valence-electron chi connectivity index (χ1n) is 7.76. The second-order valence-corrected chi connectivity index (χ2v) is 4.94. The minimum absolute atomic E-state index is 0.0702. The quantitative estimate of drug-likeness (QED) is 0.409. The van der Waals surface area contributed by atoms with Crippen LogP contribution in [0.25, 0.3) is 0 Å². The highest BCUT2D eigenvalue weighted by atomic mass is 16.6. The van der Waals surface area contributed by atoms with Crippen molar-refractivity contribution in [1.82, 2.24) is 15.2 Å². The van der Waals surface area contributed by atoms with Crippen LogP contribution in [0.4, 0.5) is 11.5 Å². The molecule has 0 saturated carbocycles. The summed E-state index contributed by atoms with van der Waals surface area (Å²) in [4.78, 5) is 25.7. The summed E-state index contributed by atoms with van der Waals surface area (Å²) in [6, 6.07) is 2.89. The topological polar surface area (TPSA) is 145 Å². The molecule has 0 aliphatic heterocycles. The molecule has 0 aliphatic carbocycles. The molecule has 0 bridgehead atoms. The molecule has 1 aromatic heterocycles. The van der Waals surface area contributed by atoms with Crippen molar-refractivity contribution in [2.24, 2.45) is 5.10 Å². The van der Waals surface area contributed by atoms with Gasteiger partial charge in [0.2, 0.25) is 5.75 Å². The fourth-order valence-corrected chi connectivity index (χ4v) is 2.04. The van der Waals surface area contributed by atoms with Crippen LogP contribution in [-0.4, -0.2) is 39.5 Å². The summed E-state index contributed by atoms with van der Waals surface area (Å²) in [7, 11) is 0. The molecule has 2 aromatic rings. The highest BCUT2D eigenvalue weighted by Gasteiger charge is 2.22. The van der Waals surface area contributed by atoms with E-state index in [2.05, 4.69) is 25.7 Å². The minimum Gasteiger partial charge on any atom is -0.490 e. The average molecular weight is 362 g/mol. The highest BCUT2D eigenvalue weighted by molar-refractivity contribution is 5.83. The van der Waals surface area contributed by atoms with Crippen molar-refractivity contribution in [1.29, 1.82) is 0 Å². The first kappa shape index (κ1) is 18.8. The molecule has 138 valence electrons. The smallest absolute Gasteiger partial charge is 0.363 e. The van der Waals surface area contributed by atoms with Gasteiger partial charge >= 0.3 is 11.4 Å². The van der Waals surface area contributed by atoms with Crippen LogP contribution in [0, 0.1) is 17.0 Å². The number of ether oxygens (including phenoxy) is 2. The van der Waals surface area contributed by atoms with Gasteiger partial charge < -0.3 is 9.47 Å². The molecule has 0 radical (unpaired) electrons. The number of H-pyrrole nitrogens is 1. The lowest BCUT2D eigenvalue weighted by molar-refractivity contribution is -0.385. The standard InChI is InChI=1S/C15H18N6O5/c1-4-25-12-7-10(6-11(21(23)24)13(12)26-5-2)8-16-19-14-9(3)18-20-15(22)17-14/h6-8H,4-5H2,1-3H3,(H2,17,19,20,22)/b16-8+. The number of aryl methyl sites for hydroxylation is 1. The van der Waals surface area contributed by atoms with Crippen LogP contribution in [0.1, 0.15) is 25.1 Å². The Kier molecular flexibility index (Phi) is 6.20. The molecule has 0 spiro atoms. The summed E-state index contributed by atoms with van der Waals surface area (Å²) in [5.41, 5.74) is 2.57. The van der Waals surface area contributed by atoms with E-state index >= 15 is 0 Å². The van der Waals surface area contributed by atoms with E-state index in [1.54, 1.807) is 26.8 Å². The van der Waals surface area contributed by atoms with Gasteiger partial charge in [0.15, 0.2) is 11.6 Å². The fourth-order valence-electron chi connectivity index (χ4n) is 2.04. The van der Waals surface area contributed by atoms with Crippen LogP contribution < -0.4 is 20.6 Å². The fraction of sp³-hybridized carbons (Fsp3) is 0.333. The Morgan fingerprint density at radius 1 is 1.35 bits per heavy atom. The normalized spacial score (nSPS) is 10.7. The molecule has 11 nitrogen and oxygen atoms in total. The molecule has 0 saturated heterocycles. The Balaban J connectivity index is 2.34. The summed E-state index contributed by atoms with van der Waals surface area (Å²) in [5, 5.41) is 21.2. The molecule has 0 fully saturated rings. The monoisotopic (exact) mass is 362 g/mol. The number of nitro benzene ring substituents is 1. The van der Waals surface area contributed by atoms with Gasteiger partial charge in [0.05, 0.1) is 24.4 Å². The van der Waals surface area contributed by atoms with Crippen LogP contribution in [0.2, 0.25) is 0 Å². The van der Waals surface area contributed by atoms with E-state index in [1.165, 1.54) is 12.3 Å². The molecular weight excluding hydrogens is 344 g/mol. The zero-order valence-electron chi connectivity index (χ0n) is 14.5. The van der Waals surface area contributed by atoms with Crippen LogP contribution in [0.15, 0.2) is 22.0 Å². The summed E-state index contributed by atoms with van der Waals surface area (Å²) >= 11 is 0. The van der Waals surface area contributed by atoms with Gasteiger partial charge in [0, 0.05) is 11.6 Å². The molecule has 2 rings (SSSR count). The maximum atomic E-state index is 11.3. The van der Waals surface area contributed by atoms with Gasteiger partial charge in [0.1, 0.15) is 5.69 Å². The third-order valence-electron chi connectivity index (χ3n) is 3.10. The van der Waals surface area contributed by atoms with Gasteiger partial charge in [-0.25, -0.2) is 9.89 Å². The maximum Gasteiger partial charge on any atom is 0.363 e. The number of anilines is 1. The molecule has 1 heterocycles. The largest absolute Gasteiger partial charge is 0.490 e. The Morgan fingerprint density at radius 3 is 2.73 bits per heavy atom. The van der Waals surface area contributed by atoms with Gasteiger partial charge in [-0.15, -0.1) is 0 Å². The molecule has 0 aliphatic rings. The lowest BCUT2D eigenvalue weighted by Gasteiger charge is -2.11. The number of hydrazone groups is 1. The summed E-state index contributed by atoms with van der Waals surface area (Å²) in [6.07, 6.45) is 1.34. The van der Waals surface area contributed by atoms with Gasteiger partial charge in [0.25, 0.3) is 0 Å². The predicted molar refractivity (Wildman–Crippen MR) is 94.0 cm³/mol. The third kappa shape index (κ3) is 4.53. The SMILES string of the molecule is CCOc1cc(/C=N/Nc2nc(=O)[nH]nc2C)cc([N+](=O)[O-])c1OCC. The molecule has 1 aromatic carbocycles. The minimum atomic E-state index is -0.622. The zero-order valence-corrected chi connectivity index (χ0v) is 14.5. The van der Waals surface area contributed by atoms with Crippen molar-refractivity contribution in [3.63, 3.8) is 0 Å². The number of benzene rings is 1. The number of nitrogens with one attached hydrogen (secondary N) is 2. The van der Waals surface area contributed by atoms with Crippen LogP contribution >= 0.6 is 0 Å². The van der Waals surface area contributed by atoms with Crippen molar-refractivity contribution in [2.45, 2.75) is 20.8 Å². The van der Waals surface area contributed by atoms with Crippen LogP contribution in [0.5, 0.6) is 11.5 Å².